The molecule has 8 heteroatoms. The predicted molar refractivity (Wildman–Crippen MR) is 97.7 cm³/mol. The number of hydrogen-bond donors (Lipinski definition) is 1. The molecule has 1 aliphatic heterocycles. The first-order valence-corrected chi connectivity index (χ1v) is 8.97. The zero-order valence-electron chi connectivity index (χ0n) is 16.0. The first-order chi connectivity index (χ1) is 13.0. The van der Waals surface area contributed by atoms with E-state index in [0.29, 0.717) is 6.54 Å². The molecular formula is C20H23F3N2O3. The summed E-state index contributed by atoms with van der Waals surface area (Å²) in [6, 6.07) is 9.51. The van der Waals surface area contributed by atoms with E-state index in [-0.39, 0.29) is 18.3 Å². The van der Waals surface area contributed by atoms with Crippen LogP contribution in [0.5, 0.6) is 0 Å². The average Bonchev–Trinajstić information content (AvgIpc) is 3.00. The molecule has 2 atom stereocenters. The molecule has 152 valence electrons. The second kappa shape index (κ2) is 7.16. The summed E-state index contributed by atoms with van der Waals surface area (Å²) in [6.45, 7) is 3.90. The van der Waals surface area contributed by atoms with Gasteiger partial charge in [-0.2, -0.15) is 13.2 Å². The molecule has 0 saturated carbocycles. The van der Waals surface area contributed by atoms with Gasteiger partial charge in [-0.05, 0) is 37.6 Å². The highest BCUT2D eigenvalue weighted by molar-refractivity contribution is 5.78. The summed E-state index contributed by atoms with van der Waals surface area (Å²) in [7, 11) is 1.88. The van der Waals surface area contributed by atoms with E-state index in [1.165, 1.54) is 17.9 Å². The number of fused-ring (bicyclic) bond motifs is 1. The molecule has 3 rings (SSSR count). The van der Waals surface area contributed by atoms with Gasteiger partial charge in [0, 0.05) is 31.9 Å². The van der Waals surface area contributed by atoms with Gasteiger partial charge in [0.25, 0.3) is 0 Å². The van der Waals surface area contributed by atoms with Gasteiger partial charge >= 0.3 is 6.18 Å². The summed E-state index contributed by atoms with van der Waals surface area (Å²) < 4.78 is 46.2. The molecule has 5 nitrogen and oxygen atoms in total. The standard InChI is InChI=1S/C20H23F3N2O3/c1-13-11-24(3)16-7-5-4-6-15(16)12-25(13)18(26)10-19(27,20(21,22)23)17-9-8-14(2)28-17/h4-9,13,27H,10-12H2,1-3H3/t13-,19?/m0/s1. The average molecular weight is 396 g/mol. The lowest BCUT2D eigenvalue weighted by molar-refractivity contribution is -0.274. The van der Waals surface area contributed by atoms with Crippen LogP contribution in [0.3, 0.4) is 0 Å². The van der Waals surface area contributed by atoms with E-state index in [0.717, 1.165) is 17.3 Å². The van der Waals surface area contributed by atoms with Crippen molar-refractivity contribution >= 4 is 11.6 Å². The molecule has 1 aromatic heterocycles. The molecular weight excluding hydrogens is 373 g/mol. The lowest BCUT2D eigenvalue weighted by Crippen LogP contribution is -2.49. The lowest BCUT2D eigenvalue weighted by atomic mass is 9.94. The first kappa shape index (κ1) is 20.3. The summed E-state index contributed by atoms with van der Waals surface area (Å²) in [5.41, 5.74) is -1.61. The fourth-order valence-electron chi connectivity index (χ4n) is 3.59. The van der Waals surface area contributed by atoms with Crippen LogP contribution < -0.4 is 4.90 Å². The number of para-hydroxylation sites is 1. The first-order valence-electron chi connectivity index (χ1n) is 8.97. The van der Waals surface area contributed by atoms with Gasteiger partial charge in [-0.15, -0.1) is 0 Å². The molecule has 0 spiro atoms. The number of aryl methyl sites for hydroxylation is 1. The Morgan fingerprint density at radius 3 is 2.54 bits per heavy atom. The number of anilines is 1. The summed E-state index contributed by atoms with van der Waals surface area (Å²) in [5, 5.41) is 10.5. The zero-order valence-corrected chi connectivity index (χ0v) is 16.0. The number of benzene rings is 1. The third kappa shape index (κ3) is 3.61. The van der Waals surface area contributed by atoms with Crippen LogP contribution >= 0.6 is 0 Å². The highest BCUT2D eigenvalue weighted by atomic mass is 19.4. The minimum absolute atomic E-state index is 0.172. The lowest BCUT2D eigenvalue weighted by Gasteiger charge is -2.33. The number of carbonyl (C=O) groups excluding carboxylic acids is 1. The number of carbonyl (C=O) groups is 1. The zero-order chi connectivity index (χ0) is 20.7. The van der Waals surface area contributed by atoms with Crippen LogP contribution in [0.1, 0.15) is 30.4 Å². The summed E-state index contributed by atoms with van der Waals surface area (Å²) in [5.74, 6) is -1.24. The molecule has 1 aromatic carbocycles. The number of nitrogens with zero attached hydrogens (tertiary/aromatic N) is 2. The van der Waals surface area contributed by atoms with Gasteiger partial charge < -0.3 is 19.3 Å². The number of hydrogen-bond acceptors (Lipinski definition) is 4. The number of likely N-dealkylation sites (N-methyl/N-ethyl adjacent to an activating group) is 1. The number of rotatable bonds is 3. The maximum absolute atomic E-state index is 13.7. The molecule has 2 aromatic rings. The van der Waals surface area contributed by atoms with E-state index in [4.69, 9.17) is 4.42 Å². The van der Waals surface area contributed by atoms with Gasteiger partial charge in [-0.1, -0.05) is 18.2 Å². The molecule has 1 aliphatic rings. The minimum Gasteiger partial charge on any atom is -0.463 e. The van der Waals surface area contributed by atoms with Gasteiger partial charge in [-0.3, -0.25) is 4.79 Å². The Kier molecular flexibility index (Phi) is 5.18. The van der Waals surface area contributed by atoms with Crippen molar-refractivity contribution in [3.63, 3.8) is 0 Å². The number of halogens is 3. The molecule has 1 N–H and O–H groups in total. The van der Waals surface area contributed by atoms with Gasteiger partial charge in [0.15, 0.2) is 0 Å². The second-order valence-electron chi connectivity index (χ2n) is 7.33. The molecule has 0 saturated heterocycles. The van der Waals surface area contributed by atoms with Crippen molar-refractivity contribution in [3.8, 4) is 0 Å². The normalized spacial score (nSPS) is 19.8. The summed E-state index contributed by atoms with van der Waals surface area (Å²) >= 11 is 0. The van der Waals surface area contributed by atoms with Crippen LogP contribution in [-0.4, -0.2) is 41.7 Å². The third-order valence-electron chi connectivity index (χ3n) is 5.16. The van der Waals surface area contributed by atoms with Crippen molar-refractivity contribution in [3.05, 3.63) is 53.5 Å². The van der Waals surface area contributed by atoms with Crippen molar-refractivity contribution in [1.82, 2.24) is 4.90 Å². The van der Waals surface area contributed by atoms with Crippen LogP contribution in [-0.2, 0) is 16.9 Å². The maximum Gasteiger partial charge on any atom is 0.425 e. The van der Waals surface area contributed by atoms with Gasteiger partial charge in [-0.25, -0.2) is 0 Å². The SMILES string of the molecule is Cc1ccc(C(O)(CC(=O)N2Cc3ccccc3N(C)C[C@@H]2C)C(F)(F)F)o1. The van der Waals surface area contributed by atoms with Crippen molar-refractivity contribution in [2.24, 2.45) is 0 Å². The Morgan fingerprint density at radius 2 is 1.93 bits per heavy atom. The highest BCUT2D eigenvalue weighted by Gasteiger charge is 2.59. The Morgan fingerprint density at radius 1 is 1.25 bits per heavy atom. The molecule has 0 fully saturated rings. The van der Waals surface area contributed by atoms with Crippen LogP contribution in [0.25, 0.3) is 0 Å². The van der Waals surface area contributed by atoms with E-state index in [1.54, 1.807) is 6.92 Å². The van der Waals surface area contributed by atoms with Crippen molar-refractivity contribution in [2.45, 2.75) is 44.6 Å². The van der Waals surface area contributed by atoms with E-state index < -0.39 is 29.9 Å². The second-order valence-corrected chi connectivity index (χ2v) is 7.33. The monoisotopic (exact) mass is 396 g/mol. The van der Waals surface area contributed by atoms with Crippen LogP contribution in [0.4, 0.5) is 18.9 Å². The fourth-order valence-corrected chi connectivity index (χ4v) is 3.59. The number of furan rings is 1. The topological polar surface area (TPSA) is 56.9 Å². The number of amides is 1. The van der Waals surface area contributed by atoms with E-state index >= 15 is 0 Å². The molecule has 1 unspecified atom stereocenters. The van der Waals surface area contributed by atoms with Crippen LogP contribution in [0.15, 0.2) is 40.8 Å². The fraction of sp³-hybridized carbons (Fsp3) is 0.450. The van der Waals surface area contributed by atoms with Crippen LogP contribution in [0, 0.1) is 6.92 Å². The predicted octanol–water partition coefficient (Wildman–Crippen LogP) is 3.60. The van der Waals surface area contributed by atoms with Crippen molar-refractivity contribution in [2.75, 3.05) is 18.5 Å². The Bertz CT molecular complexity index is 864. The van der Waals surface area contributed by atoms with Gasteiger partial charge in [0.05, 0.1) is 6.42 Å². The molecule has 1 amide bonds. The Hall–Kier alpha value is -2.48. The minimum atomic E-state index is -5.06. The van der Waals surface area contributed by atoms with Gasteiger partial charge in [0.2, 0.25) is 11.5 Å². The molecule has 28 heavy (non-hydrogen) atoms. The Labute approximate surface area is 161 Å². The smallest absolute Gasteiger partial charge is 0.425 e. The number of alkyl halides is 3. The van der Waals surface area contributed by atoms with Crippen molar-refractivity contribution in [1.29, 1.82) is 0 Å². The molecule has 0 radical (unpaired) electrons. The highest BCUT2D eigenvalue weighted by Crippen LogP contribution is 2.43. The molecule has 0 bridgehead atoms. The Balaban J connectivity index is 1.92. The largest absolute Gasteiger partial charge is 0.463 e. The van der Waals surface area contributed by atoms with Crippen LogP contribution in [0.2, 0.25) is 0 Å². The van der Waals surface area contributed by atoms with Gasteiger partial charge in [0.1, 0.15) is 11.5 Å². The van der Waals surface area contributed by atoms with E-state index in [9.17, 15) is 23.1 Å². The van der Waals surface area contributed by atoms with Crippen molar-refractivity contribution < 1.29 is 27.5 Å². The van der Waals surface area contributed by atoms with E-state index in [1.807, 2.05) is 36.2 Å². The maximum atomic E-state index is 13.7. The summed E-state index contributed by atoms with van der Waals surface area (Å²) in [4.78, 5) is 16.3. The molecule has 0 aliphatic carbocycles. The number of aliphatic hydroxyl groups is 1. The third-order valence-corrected chi connectivity index (χ3v) is 5.16. The molecule has 2 heterocycles. The summed E-state index contributed by atoms with van der Waals surface area (Å²) in [6.07, 6.45) is -6.20. The quantitative estimate of drug-likeness (QED) is 0.862. The van der Waals surface area contributed by atoms with E-state index in [2.05, 4.69) is 0 Å².